The maximum atomic E-state index is 13.0. The van der Waals surface area contributed by atoms with Crippen LogP contribution in [-0.2, 0) is 22.9 Å². The minimum Gasteiger partial charge on any atom is -0.369 e. The van der Waals surface area contributed by atoms with Crippen LogP contribution in [0.3, 0.4) is 0 Å². The number of nitrogens with two attached hydrogens (primary N) is 1. The van der Waals surface area contributed by atoms with Crippen LogP contribution in [0.1, 0.15) is 21.6 Å². The number of amides is 1. The zero-order chi connectivity index (χ0) is 25.4. The van der Waals surface area contributed by atoms with Crippen molar-refractivity contribution < 1.29 is 13.2 Å². The Morgan fingerprint density at radius 1 is 0.833 bits per heavy atom. The number of aromatic nitrogens is 2. The summed E-state index contributed by atoms with van der Waals surface area (Å²) in [6.45, 7) is 0.945. The fourth-order valence-corrected chi connectivity index (χ4v) is 4.18. The molecule has 9 heteroatoms. The van der Waals surface area contributed by atoms with Crippen molar-refractivity contribution in [2.24, 2.45) is 5.14 Å². The van der Waals surface area contributed by atoms with Crippen LogP contribution in [0.25, 0.3) is 11.3 Å². The summed E-state index contributed by atoms with van der Waals surface area (Å²) in [5.74, 6) is 0.255. The molecule has 0 spiro atoms. The molecule has 0 unspecified atom stereocenters. The van der Waals surface area contributed by atoms with Gasteiger partial charge in [-0.15, -0.1) is 0 Å². The molecule has 0 bridgehead atoms. The van der Waals surface area contributed by atoms with Crippen LogP contribution in [0.2, 0.25) is 0 Å². The largest absolute Gasteiger partial charge is 0.369 e. The van der Waals surface area contributed by atoms with E-state index in [-0.39, 0.29) is 10.8 Å². The number of anilines is 1. The average molecular weight is 502 g/mol. The van der Waals surface area contributed by atoms with Crippen molar-refractivity contribution in [1.29, 1.82) is 0 Å². The van der Waals surface area contributed by atoms with E-state index in [4.69, 9.17) is 10.1 Å². The topological polar surface area (TPSA) is 127 Å². The van der Waals surface area contributed by atoms with Gasteiger partial charge in [-0.3, -0.25) is 9.78 Å². The molecule has 0 aliphatic carbocycles. The molecule has 0 aliphatic heterocycles. The third kappa shape index (κ3) is 6.74. The van der Waals surface area contributed by atoms with Gasteiger partial charge in [0, 0.05) is 37.0 Å². The van der Waals surface area contributed by atoms with Crippen LogP contribution >= 0.6 is 0 Å². The van der Waals surface area contributed by atoms with Gasteiger partial charge in [0.05, 0.1) is 16.2 Å². The minimum atomic E-state index is -3.73. The lowest BCUT2D eigenvalue weighted by molar-refractivity contribution is 0.0954. The molecule has 4 rings (SSSR count). The number of primary sulfonamides is 1. The van der Waals surface area contributed by atoms with Crippen molar-refractivity contribution in [3.63, 3.8) is 0 Å². The van der Waals surface area contributed by atoms with Gasteiger partial charge < -0.3 is 10.6 Å². The summed E-state index contributed by atoms with van der Waals surface area (Å²) in [6, 6.07) is 25.5. The smallest absolute Gasteiger partial charge is 0.255 e. The molecule has 0 aliphatic rings. The molecule has 0 fully saturated rings. The van der Waals surface area contributed by atoms with Gasteiger partial charge in [0.25, 0.3) is 5.91 Å². The van der Waals surface area contributed by atoms with Crippen molar-refractivity contribution in [1.82, 2.24) is 15.3 Å². The maximum Gasteiger partial charge on any atom is 0.255 e. The van der Waals surface area contributed by atoms with E-state index in [0.717, 1.165) is 22.5 Å². The fraction of sp³-hybridized carbons (Fsp3) is 0.148. The number of pyridine rings is 2. The molecular weight excluding hydrogens is 474 g/mol. The van der Waals surface area contributed by atoms with Crippen molar-refractivity contribution in [3.05, 3.63) is 108 Å². The summed E-state index contributed by atoms with van der Waals surface area (Å²) in [7, 11) is -3.73. The summed E-state index contributed by atoms with van der Waals surface area (Å²) >= 11 is 0. The second-order valence-corrected chi connectivity index (χ2v) is 9.71. The molecule has 36 heavy (non-hydrogen) atoms. The predicted molar refractivity (Wildman–Crippen MR) is 140 cm³/mol. The summed E-state index contributed by atoms with van der Waals surface area (Å²) in [4.78, 5) is 22.2. The molecule has 0 saturated carbocycles. The molecule has 0 atom stereocenters. The van der Waals surface area contributed by atoms with Crippen LogP contribution in [-0.4, -0.2) is 37.4 Å². The van der Waals surface area contributed by atoms with Crippen molar-refractivity contribution in [2.75, 3.05) is 18.4 Å². The lowest BCUT2D eigenvalue weighted by atomic mass is 10.1. The molecule has 2 aromatic carbocycles. The fourth-order valence-electron chi connectivity index (χ4n) is 3.66. The van der Waals surface area contributed by atoms with Crippen LogP contribution in [0.4, 0.5) is 5.82 Å². The first-order chi connectivity index (χ1) is 17.4. The maximum absolute atomic E-state index is 13.0. The lowest BCUT2D eigenvalue weighted by Crippen LogP contribution is -2.27. The number of nitrogens with one attached hydrogen (secondary N) is 2. The molecule has 4 N–H and O–H groups in total. The SMILES string of the molecule is NS(=O)(=O)c1ccc(CCNC(=O)c2ccc(-c3ccccc3)nc2NCCc2ccccn2)cc1. The van der Waals surface area contributed by atoms with Gasteiger partial charge in [-0.1, -0.05) is 48.5 Å². The zero-order valence-electron chi connectivity index (χ0n) is 19.6. The Bertz CT molecular complexity index is 1410. The Morgan fingerprint density at radius 3 is 2.28 bits per heavy atom. The normalized spacial score (nSPS) is 11.1. The van der Waals surface area contributed by atoms with E-state index in [1.54, 1.807) is 24.4 Å². The van der Waals surface area contributed by atoms with Crippen LogP contribution in [0.5, 0.6) is 0 Å². The van der Waals surface area contributed by atoms with Gasteiger partial charge in [-0.25, -0.2) is 18.5 Å². The molecule has 0 radical (unpaired) electrons. The van der Waals surface area contributed by atoms with Gasteiger partial charge in [0.2, 0.25) is 10.0 Å². The first-order valence-electron chi connectivity index (χ1n) is 11.5. The van der Waals surface area contributed by atoms with Gasteiger partial charge in [-0.2, -0.15) is 0 Å². The first kappa shape index (κ1) is 25.0. The monoisotopic (exact) mass is 501 g/mol. The highest BCUT2D eigenvalue weighted by Crippen LogP contribution is 2.22. The number of carbonyl (C=O) groups is 1. The first-order valence-corrected chi connectivity index (χ1v) is 13.0. The third-order valence-electron chi connectivity index (χ3n) is 5.56. The Morgan fingerprint density at radius 2 is 1.58 bits per heavy atom. The molecular formula is C27H27N5O3S. The summed E-state index contributed by atoms with van der Waals surface area (Å²) in [5.41, 5.74) is 4.00. The lowest BCUT2D eigenvalue weighted by Gasteiger charge is -2.13. The quantitative estimate of drug-likeness (QED) is 0.306. The predicted octanol–water partition coefficient (Wildman–Crippen LogP) is 3.42. The van der Waals surface area contributed by atoms with E-state index >= 15 is 0 Å². The molecule has 2 heterocycles. The summed E-state index contributed by atoms with van der Waals surface area (Å²) in [6.07, 6.45) is 2.98. The van der Waals surface area contributed by atoms with Crippen LogP contribution in [0, 0.1) is 0 Å². The summed E-state index contributed by atoms with van der Waals surface area (Å²) < 4.78 is 22.8. The zero-order valence-corrected chi connectivity index (χ0v) is 20.4. The number of nitrogens with zero attached hydrogens (tertiary/aromatic N) is 2. The third-order valence-corrected chi connectivity index (χ3v) is 6.49. The van der Waals surface area contributed by atoms with E-state index in [9.17, 15) is 13.2 Å². The molecule has 1 amide bonds. The van der Waals surface area contributed by atoms with E-state index in [1.165, 1.54) is 12.1 Å². The Hall–Kier alpha value is -4.08. The number of sulfonamides is 1. The second kappa shape index (κ2) is 11.6. The molecule has 184 valence electrons. The standard InChI is InChI=1S/C27H27N5O3S/c28-36(34,35)23-11-9-20(10-12-23)15-18-31-27(33)24-13-14-25(21-6-2-1-3-7-21)32-26(24)30-19-16-22-8-4-5-17-29-22/h1-14,17H,15-16,18-19H2,(H,30,32)(H,31,33)(H2,28,34,35). The van der Waals surface area contributed by atoms with Gasteiger partial charge in [-0.05, 0) is 48.4 Å². The molecule has 4 aromatic rings. The number of hydrogen-bond acceptors (Lipinski definition) is 6. The number of hydrogen-bond donors (Lipinski definition) is 3. The molecule has 0 saturated heterocycles. The molecule has 8 nitrogen and oxygen atoms in total. The van der Waals surface area contributed by atoms with E-state index < -0.39 is 10.0 Å². The highest BCUT2D eigenvalue weighted by molar-refractivity contribution is 7.89. The Balaban J connectivity index is 1.45. The number of carbonyl (C=O) groups excluding carboxylic acids is 1. The Labute approximate surface area is 210 Å². The average Bonchev–Trinajstić information content (AvgIpc) is 2.89. The highest BCUT2D eigenvalue weighted by atomic mass is 32.2. The van der Waals surface area contributed by atoms with Crippen molar-refractivity contribution >= 4 is 21.7 Å². The second-order valence-electron chi connectivity index (χ2n) is 8.15. The Kier molecular flexibility index (Phi) is 8.04. The highest BCUT2D eigenvalue weighted by Gasteiger charge is 2.15. The van der Waals surface area contributed by atoms with Crippen LogP contribution in [0.15, 0.2) is 96.0 Å². The van der Waals surface area contributed by atoms with E-state index in [1.807, 2.05) is 54.6 Å². The number of benzene rings is 2. The van der Waals surface area contributed by atoms with E-state index in [0.29, 0.717) is 37.3 Å². The van der Waals surface area contributed by atoms with Crippen molar-refractivity contribution in [2.45, 2.75) is 17.7 Å². The van der Waals surface area contributed by atoms with Crippen LogP contribution < -0.4 is 15.8 Å². The summed E-state index contributed by atoms with van der Waals surface area (Å²) in [5, 5.41) is 11.4. The van der Waals surface area contributed by atoms with Crippen molar-refractivity contribution in [3.8, 4) is 11.3 Å². The minimum absolute atomic E-state index is 0.0567. The number of rotatable bonds is 10. The van der Waals surface area contributed by atoms with Gasteiger partial charge in [0.15, 0.2) is 0 Å². The molecule has 2 aromatic heterocycles. The van der Waals surface area contributed by atoms with Gasteiger partial charge >= 0.3 is 0 Å². The van der Waals surface area contributed by atoms with Gasteiger partial charge in [0.1, 0.15) is 5.82 Å². The van der Waals surface area contributed by atoms with E-state index in [2.05, 4.69) is 15.6 Å².